The van der Waals surface area contributed by atoms with Gasteiger partial charge in [0.1, 0.15) is 6.04 Å². The second-order valence-corrected chi connectivity index (χ2v) is 6.77. The second-order valence-electron chi connectivity index (χ2n) is 5.54. The Morgan fingerprint density at radius 3 is 2.71 bits per heavy atom. The van der Waals surface area contributed by atoms with Gasteiger partial charge >= 0.3 is 5.97 Å². The van der Waals surface area contributed by atoms with E-state index in [-0.39, 0.29) is 24.0 Å². The molecule has 1 saturated heterocycles. The zero-order valence-corrected chi connectivity index (χ0v) is 13.5. The van der Waals surface area contributed by atoms with Gasteiger partial charge in [0.05, 0.1) is 10.9 Å². The van der Waals surface area contributed by atoms with E-state index in [0.29, 0.717) is 5.69 Å². The van der Waals surface area contributed by atoms with Gasteiger partial charge in [0.2, 0.25) is 11.8 Å². The highest BCUT2D eigenvalue weighted by Gasteiger charge is 2.40. The van der Waals surface area contributed by atoms with E-state index in [1.54, 1.807) is 12.1 Å². The lowest BCUT2D eigenvalue weighted by Crippen LogP contribution is -2.35. The van der Waals surface area contributed by atoms with Gasteiger partial charge < -0.3 is 10.8 Å². The molecule has 0 spiro atoms. The fraction of sp³-hybridized carbons (Fsp3) is 0.235. The second kappa shape index (κ2) is 6.62. The van der Waals surface area contributed by atoms with E-state index < -0.39 is 17.3 Å². The molecule has 3 N–H and O–H groups in total. The third-order valence-electron chi connectivity index (χ3n) is 3.91. The van der Waals surface area contributed by atoms with E-state index >= 15 is 0 Å². The number of nitrogens with zero attached hydrogens (tertiary/aromatic N) is 1. The van der Waals surface area contributed by atoms with Crippen LogP contribution in [0.5, 0.6) is 0 Å². The molecule has 2 aromatic carbocycles. The van der Waals surface area contributed by atoms with Crippen molar-refractivity contribution in [3.63, 3.8) is 0 Å². The maximum absolute atomic E-state index is 12.6. The number of carboxylic acid groups (broad SMARTS) is 1. The number of benzene rings is 2. The van der Waals surface area contributed by atoms with Crippen molar-refractivity contribution in [1.29, 1.82) is 0 Å². The lowest BCUT2D eigenvalue weighted by molar-refractivity contribution is -0.138. The Hall–Kier alpha value is -2.38. The highest BCUT2D eigenvalue weighted by molar-refractivity contribution is 8.00. The molecule has 1 aliphatic rings. The standard InChI is InChI=1S/C17H16N2O4S/c18-12(17(22)23)9-24-14-8-15(20)19(16(14)21)13-7-3-5-10-4-1-2-6-11(10)13/h1-7,12,14H,8-9,18H2,(H,22,23). The number of aliphatic carboxylic acids is 1. The average Bonchev–Trinajstić information content (AvgIpc) is 2.86. The van der Waals surface area contributed by atoms with Crippen molar-refractivity contribution >= 4 is 46.0 Å². The molecule has 1 aliphatic heterocycles. The molecule has 7 heteroatoms. The highest BCUT2D eigenvalue weighted by Crippen LogP contribution is 2.34. The van der Waals surface area contributed by atoms with Gasteiger partial charge in [0, 0.05) is 17.6 Å². The number of carbonyl (C=O) groups excluding carboxylic acids is 2. The number of hydrogen-bond donors (Lipinski definition) is 2. The summed E-state index contributed by atoms with van der Waals surface area (Å²) in [5.41, 5.74) is 6.03. The van der Waals surface area contributed by atoms with Gasteiger partial charge in [-0.3, -0.25) is 14.4 Å². The highest BCUT2D eigenvalue weighted by atomic mass is 32.2. The summed E-state index contributed by atoms with van der Waals surface area (Å²) >= 11 is 1.12. The zero-order chi connectivity index (χ0) is 17.3. The fourth-order valence-electron chi connectivity index (χ4n) is 2.68. The van der Waals surface area contributed by atoms with Crippen molar-refractivity contribution in [2.75, 3.05) is 10.7 Å². The summed E-state index contributed by atoms with van der Waals surface area (Å²) in [7, 11) is 0. The number of carboxylic acids is 1. The van der Waals surface area contributed by atoms with Crippen molar-refractivity contribution in [1.82, 2.24) is 0 Å². The molecule has 124 valence electrons. The molecule has 2 aromatic rings. The predicted octanol–water partition coefficient (Wildman–Crippen LogP) is 1.62. The van der Waals surface area contributed by atoms with Crippen LogP contribution in [0.25, 0.3) is 10.8 Å². The van der Waals surface area contributed by atoms with E-state index in [4.69, 9.17) is 10.8 Å². The monoisotopic (exact) mass is 344 g/mol. The van der Waals surface area contributed by atoms with Gasteiger partial charge in [0.15, 0.2) is 0 Å². The van der Waals surface area contributed by atoms with Gasteiger partial charge in [-0.25, -0.2) is 4.90 Å². The van der Waals surface area contributed by atoms with Gasteiger partial charge in [-0.15, -0.1) is 11.8 Å². The first-order valence-electron chi connectivity index (χ1n) is 7.43. The molecule has 3 rings (SSSR count). The van der Waals surface area contributed by atoms with Crippen LogP contribution >= 0.6 is 11.8 Å². The third-order valence-corrected chi connectivity index (χ3v) is 5.23. The molecule has 1 heterocycles. The summed E-state index contributed by atoms with van der Waals surface area (Å²) < 4.78 is 0. The van der Waals surface area contributed by atoms with Crippen LogP contribution in [0.3, 0.4) is 0 Å². The first-order valence-corrected chi connectivity index (χ1v) is 8.48. The molecule has 2 amide bonds. The summed E-state index contributed by atoms with van der Waals surface area (Å²) in [5.74, 6) is -1.63. The van der Waals surface area contributed by atoms with E-state index in [1.807, 2.05) is 30.3 Å². The molecule has 2 unspecified atom stereocenters. The van der Waals surface area contributed by atoms with Crippen molar-refractivity contribution in [3.05, 3.63) is 42.5 Å². The van der Waals surface area contributed by atoms with E-state index in [9.17, 15) is 14.4 Å². The number of carbonyl (C=O) groups is 3. The Kier molecular flexibility index (Phi) is 4.55. The Labute approximate surface area is 142 Å². The number of rotatable bonds is 5. The predicted molar refractivity (Wildman–Crippen MR) is 92.9 cm³/mol. The minimum absolute atomic E-state index is 0.0546. The largest absolute Gasteiger partial charge is 0.480 e. The van der Waals surface area contributed by atoms with Crippen LogP contribution in [0.4, 0.5) is 5.69 Å². The number of thioether (sulfide) groups is 1. The topological polar surface area (TPSA) is 101 Å². The summed E-state index contributed by atoms with van der Waals surface area (Å²) in [6.07, 6.45) is 0.0546. The number of anilines is 1. The molecule has 2 atom stereocenters. The quantitative estimate of drug-likeness (QED) is 0.799. The van der Waals surface area contributed by atoms with Gasteiger partial charge in [-0.1, -0.05) is 36.4 Å². The molecule has 0 radical (unpaired) electrons. The zero-order valence-electron chi connectivity index (χ0n) is 12.7. The molecule has 6 nitrogen and oxygen atoms in total. The Bertz CT molecular complexity index is 818. The molecular formula is C17H16N2O4S. The summed E-state index contributed by atoms with van der Waals surface area (Å²) in [6.45, 7) is 0. The van der Waals surface area contributed by atoms with Crippen LogP contribution in [-0.2, 0) is 14.4 Å². The third kappa shape index (κ3) is 3.00. The lowest BCUT2D eigenvalue weighted by atomic mass is 10.1. The minimum Gasteiger partial charge on any atom is -0.480 e. The molecule has 0 bridgehead atoms. The Morgan fingerprint density at radius 2 is 1.96 bits per heavy atom. The van der Waals surface area contributed by atoms with Crippen molar-refractivity contribution in [3.8, 4) is 0 Å². The average molecular weight is 344 g/mol. The van der Waals surface area contributed by atoms with Crippen molar-refractivity contribution < 1.29 is 19.5 Å². The van der Waals surface area contributed by atoms with Crippen molar-refractivity contribution in [2.45, 2.75) is 17.7 Å². The van der Waals surface area contributed by atoms with Crippen LogP contribution in [0, 0.1) is 0 Å². The minimum atomic E-state index is -1.12. The van der Waals surface area contributed by atoms with Crippen molar-refractivity contribution in [2.24, 2.45) is 5.73 Å². The number of amides is 2. The van der Waals surface area contributed by atoms with Crippen LogP contribution in [0.2, 0.25) is 0 Å². The molecule has 1 fully saturated rings. The van der Waals surface area contributed by atoms with E-state index in [2.05, 4.69) is 0 Å². The van der Waals surface area contributed by atoms with E-state index in [1.165, 1.54) is 4.90 Å². The van der Waals surface area contributed by atoms with Crippen LogP contribution < -0.4 is 10.6 Å². The van der Waals surface area contributed by atoms with E-state index in [0.717, 1.165) is 22.5 Å². The fourth-order valence-corrected chi connectivity index (χ4v) is 3.77. The first-order chi connectivity index (χ1) is 11.5. The smallest absolute Gasteiger partial charge is 0.321 e. The molecular weight excluding hydrogens is 328 g/mol. The summed E-state index contributed by atoms with van der Waals surface area (Å²) in [6, 6.07) is 12.0. The van der Waals surface area contributed by atoms with Crippen LogP contribution in [0.15, 0.2) is 42.5 Å². The molecule has 0 aliphatic carbocycles. The van der Waals surface area contributed by atoms with Gasteiger partial charge in [-0.2, -0.15) is 0 Å². The summed E-state index contributed by atoms with van der Waals surface area (Å²) in [4.78, 5) is 37.0. The SMILES string of the molecule is NC(CSC1CC(=O)N(c2cccc3ccccc23)C1=O)C(=O)O. The number of nitrogens with two attached hydrogens (primary N) is 1. The Balaban J connectivity index is 1.85. The van der Waals surface area contributed by atoms with Gasteiger partial charge in [-0.05, 0) is 11.5 Å². The van der Waals surface area contributed by atoms with Gasteiger partial charge in [0.25, 0.3) is 0 Å². The number of imide groups is 1. The lowest BCUT2D eigenvalue weighted by Gasteiger charge is -2.17. The Morgan fingerprint density at radius 1 is 1.25 bits per heavy atom. The molecule has 24 heavy (non-hydrogen) atoms. The molecule has 0 saturated carbocycles. The maximum atomic E-state index is 12.6. The number of fused-ring (bicyclic) bond motifs is 1. The normalized spacial score (nSPS) is 19.0. The summed E-state index contributed by atoms with van der Waals surface area (Å²) in [5, 5.41) is 10.00. The number of hydrogen-bond acceptors (Lipinski definition) is 5. The molecule has 0 aromatic heterocycles. The van der Waals surface area contributed by atoms with Crippen LogP contribution in [-0.4, -0.2) is 39.9 Å². The maximum Gasteiger partial charge on any atom is 0.321 e. The van der Waals surface area contributed by atoms with Crippen LogP contribution in [0.1, 0.15) is 6.42 Å². The first kappa shape index (κ1) is 16.5.